The van der Waals surface area contributed by atoms with E-state index in [0.29, 0.717) is 5.82 Å². The second-order valence-electron chi connectivity index (χ2n) is 5.58. The van der Waals surface area contributed by atoms with Gasteiger partial charge in [0.05, 0.1) is 4.92 Å². The lowest BCUT2D eigenvalue weighted by Crippen LogP contribution is -2.37. The second kappa shape index (κ2) is 5.91. The molecule has 2 aromatic rings. The van der Waals surface area contributed by atoms with Crippen molar-refractivity contribution in [2.24, 2.45) is 0 Å². The molecule has 1 atom stereocenters. The summed E-state index contributed by atoms with van der Waals surface area (Å²) in [6.07, 6.45) is 1.55. The van der Waals surface area contributed by atoms with E-state index in [1.165, 1.54) is 11.6 Å². The van der Waals surface area contributed by atoms with E-state index in [1.54, 1.807) is 12.3 Å². The fourth-order valence-corrected chi connectivity index (χ4v) is 2.16. The molecule has 1 aromatic heterocycles. The summed E-state index contributed by atoms with van der Waals surface area (Å²) < 4.78 is 0. The average molecular weight is 285 g/mol. The third-order valence-electron chi connectivity index (χ3n) is 3.94. The summed E-state index contributed by atoms with van der Waals surface area (Å²) in [5, 5.41) is 14.2. The first kappa shape index (κ1) is 15.0. The van der Waals surface area contributed by atoms with Crippen LogP contribution in [0.1, 0.15) is 26.3 Å². The first-order chi connectivity index (χ1) is 9.93. The monoisotopic (exact) mass is 285 g/mol. The molecular weight excluding hydrogens is 266 g/mol. The van der Waals surface area contributed by atoms with Gasteiger partial charge in [0, 0.05) is 23.7 Å². The molecule has 110 valence electrons. The molecule has 5 nitrogen and oxygen atoms in total. The Morgan fingerprint density at radius 2 is 1.86 bits per heavy atom. The van der Waals surface area contributed by atoms with Gasteiger partial charge in [-0.25, -0.2) is 4.98 Å². The summed E-state index contributed by atoms with van der Waals surface area (Å²) in [7, 11) is 0. The number of anilines is 1. The predicted octanol–water partition coefficient (Wildman–Crippen LogP) is 3.77. The Balaban J connectivity index is 2.26. The van der Waals surface area contributed by atoms with Gasteiger partial charge < -0.3 is 5.32 Å². The van der Waals surface area contributed by atoms with Gasteiger partial charge in [0.25, 0.3) is 0 Å². The zero-order chi connectivity index (χ0) is 15.5. The van der Waals surface area contributed by atoms with Gasteiger partial charge in [-0.05, 0) is 18.6 Å². The number of nitrogens with one attached hydrogen (secondary N) is 1. The lowest BCUT2D eigenvalue weighted by Gasteiger charge is -2.33. The molecule has 0 aliphatic carbocycles. The Kier molecular flexibility index (Phi) is 4.21. The van der Waals surface area contributed by atoms with E-state index in [9.17, 15) is 10.1 Å². The molecule has 0 spiro atoms. The molecule has 1 unspecified atom stereocenters. The topological polar surface area (TPSA) is 68.1 Å². The van der Waals surface area contributed by atoms with Gasteiger partial charge in [-0.3, -0.25) is 10.1 Å². The summed E-state index contributed by atoms with van der Waals surface area (Å²) in [4.78, 5) is 14.7. The quantitative estimate of drug-likeness (QED) is 0.670. The number of benzene rings is 1. The van der Waals surface area contributed by atoms with Crippen LogP contribution >= 0.6 is 0 Å². The van der Waals surface area contributed by atoms with E-state index >= 15 is 0 Å². The van der Waals surface area contributed by atoms with Crippen LogP contribution in [0.15, 0.2) is 48.7 Å². The van der Waals surface area contributed by atoms with Crippen LogP contribution < -0.4 is 5.32 Å². The van der Waals surface area contributed by atoms with Gasteiger partial charge in [0.15, 0.2) is 0 Å². The zero-order valence-corrected chi connectivity index (χ0v) is 12.4. The predicted molar refractivity (Wildman–Crippen MR) is 83.4 cm³/mol. The normalized spacial score (nSPS) is 12.7. The number of hydrogen-bond donors (Lipinski definition) is 1. The van der Waals surface area contributed by atoms with Gasteiger partial charge in [-0.2, -0.15) is 0 Å². The van der Waals surface area contributed by atoms with E-state index in [1.807, 2.05) is 25.1 Å². The molecule has 0 fully saturated rings. The molecule has 1 heterocycles. The average Bonchev–Trinajstić information content (AvgIpc) is 2.48. The lowest BCUT2D eigenvalue weighted by atomic mass is 9.78. The van der Waals surface area contributed by atoms with Crippen molar-refractivity contribution >= 4 is 11.5 Å². The zero-order valence-electron chi connectivity index (χ0n) is 12.4. The Morgan fingerprint density at radius 3 is 2.48 bits per heavy atom. The van der Waals surface area contributed by atoms with Crippen molar-refractivity contribution in [2.75, 3.05) is 5.32 Å². The first-order valence-corrected chi connectivity index (χ1v) is 6.84. The van der Waals surface area contributed by atoms with E-state index < -0.39 is 4.92 Å². The van der Waals surface area contributed by atoms with E-state index in [-0.39, 0.29) is 17.1 Å². The highest BCUT2D eigenvalue weighted by molar-refractivity contribution is 5.56. The van der Waals surface area contributed by atoms with Crippen LogP contribution in [0.4, 0.5) is 11.5 Å². The van der Waals surface area contributed by atoms with Crippen LogP contribution in [0, 0.1) is 10.1 Å². The molecule has 1 N–H and O–H groups in total. The summed E-state index contributed by atoms with van der Waals surface area (Å²) >= 11 is 0. The van der Waals surface area contributed by atoms with Crippen molar-refractivity contribution in [3.63, 3.8) is 0 Å². The number of rotatable bonds is 5. The van der Waals surface area contributed by atoms with Gasteiger partial charge in [-0.1, -0.05) is 44.2 Å². The minimum absolute atomic E-state index is 0.00629. The van der Waals surface area contributed by atoms with Crippen molar-refractivity contribution in [1.82, 2.24) is 4.98 Å². The third-order valence-corrected chi connectivity index (χ3v) is 3.94. The fraction of sp³-hybridized carbons (Fsp3) is 0.312. The highest BCUT2D eigenvalue weighted by atomic mass is 16.6. The maximum absolute atomic E-state index is 11.0. The first-order valence-electron chi connectivity index (χ1n) is 6.84. The van der Waals surface area contributed by atoms with E-state index in [2.05, 4.69) is 36.3 Å². The van der Waals surface area contributed by atoms with Crippen molar-refractivity contribution in [3.05, 3.63) is 64.3 Å². The number of aromatic nitrogens is 1. The minimum Gasteiger partial charge on any atom is -0.361 e. The summed E-state index contributed by atoms with van der Waals surface area (Å²) in [5.74, 6) is 0.305. The van der Waals surface area contributed by atoms with Crippen molar-refractivity contribution in [3.8, 4) is 0 Å². The van der Waals surface area contributed by atoms with E-state index in [0.717, 1.165) is 0 Å². The van der Waals surface area contributed by atoms with Crippen LogP contribution in [0.2, 0.25) is 0 Å². The molecule has 0 saturated carbocycles. The number of hydrogen-bond acceptors (Lipinski definition) is 4. The highest BCUT2D eigenvalue weighted by Crippen LogP contribution is 2.30. The van der Waals surface area contributed by atoms with Gasteiger partial charge >= 0.3 is 5.69 Å². The Bertz CT molecular complexity index is 626. The van der Waals surface area contributed by atoms with Crippen LogP contribution in [0.5, 0.6) is 0 Å². The van der Waals surface area contributed by atoms with Crippen LogP contribution in [-0.4, -0.2) is 15.9 Å². The minimum atomic E-state index is -0.419. The summed E-state index contributed by atoms with van der Waals surface area (Å²) in [6, 6.07) is 13.1. The SMILES string of the molecule is CC(Nc1ncccc1[N+](=O)[O-])C(C)(C)c1ccccc1. The second-order valence-corrected chi connectivity index (χ2v) is 5.58. The highest BCUT2D eigenvalue weighted by Gasteiger charge is 2.29. The third kappa shape index (κ3) is 3.18. The number of pyridine rings is 1. The number of nitrogens with zero attached hydrogens (tertiary/aromatic N) is 2. The Hall–Kier alpha value is -2.43. The standard InChI is InChI=1S/C16H19N3O2/c1-12(16(2,3)13-8-5-4-6-9-13)18-15-14(19(20)21)10-7-11-17-15/h4-12H,1-3H3,(H,17,18). The van der Waals surface area contributed by atoms with E-state index in [4.69, 9.17) is 0 Å². The molecule has 0 aliphatic heterocycles. The molecule has 21 heavy (non-hydrogen) atoms. The summed E-state index contributed by atoms with van der Waals surface area (Å²) in [5.41, 5.74) is 0.976. The molecule has 2 rings (SSSR count). The van der Waals surface area contributed by atoms with Crippen molar-refractivity contribution in [2.45, 2.75) is 32.2 Å². The Morgan fingerprint density at radius 1 is 1.19 bits per heavy atom. The Labute approximate surface area is 124 Å². The molecule has 0 amide bonds. The molecule has 0 saturated heterocycles. The fourth-order valence-electron chi connectivity index (χ4n) is 2.16. The van der Waals surface area contributed by atoms with Gasteiger partial charge in [0.1, 0.15) is 0 Å². The van der Waals surface area contributed by atoms with Crippen LogP contribution in [0.25, 0.3) is 0 Å². The molecule has 5 heteroatoms. The largest absolute Gasteiger partial charge is 0.361 e. The smallest absolute Gasteiger partial charge is 0.311 e. The molecule has 0 bridgehead atoms. The van der Waals surface area contributed by atoms with Gasteiger partial charge in [0.2, 0.25) is 5.82 Å². The summed E-state index contributed by atoms with van der Waals surface area (Å²) in [6.45, 7) is 6.22. The van der Waals surface area contributed by atoms with Crippen LogP contribution in [-0.2, 0) is 5.41 Å². The van der Waals surface area contributed by atoms with Crippen LogP contribution in [0.3, 0.4) is 0 Å². The maximum atomic E-state index is 11.0. The molecule has 0 radical (unpaired) electrons. The maximum Gasteiger partial charge on any atom is 0.311 e. The van der Waals surface area contributed by atoms with Gasteiger partial charge in [-0.15, -0.1) is 0 Å². The molecule has 0 aliphatic rings. The van der Waals surface area contributed by atoms with Crippen molar-refractivity contribution < 1.29 is 4.92 Å². The molecule has 1 aromatic carbocycles. The lowest BCUT2D eigenvalue weighted by molar-refractivity contribution is -0.384. The van der Waals surface area contributed by atoms with Crippen molar-refractivity contribution in [1.29, 1.82) is 0 Å². The molecular formula is C16H19N3O2. The number of nitro groups is 1.